The predicted molar refractivity (Wildman–Crippen MR) is 89.4 cm³/mol. The second kappa shape index (κ2) is 6.63. The Kier molecular flexibility index (Phi) is 4.55. The third-order valence-electron chi connectivity index (χ3n) is 4.39. The maximum absolute atomic E-state index is 13.6. The van der Waals surface area contributed by atoms with E-state index in [9.17, 15) is 9.18 Å². The fraction of sp³-hybridized carbons (Fsp3) is 0.444. The minimum atomic E-state index is -0.330. The summed E-state index contributed by atoms with van der Waals surface area (Å²) in [4.78, 5) is 14.3. The lowest BCUT2D eigenvalue weighted by Gasteiger charge is -2.23. The van der Waals surface area contributed by atoms with Crippen LogP contribution >= 0.6 is 0 Å². The van der Waals surface area contributed by atoms with Crippen LogP contribution in [0.3, 0.4) is 0 Å². The number of anilines is 1. The van der Waals surface area contributed by atoms with Crippen LogP contribution in [0.5, 0.6) is 0 Å². The van der Waals surface area contributed by atoms with Gasteiger partial charge in [-0.15, -0.1) is 0 Å². The average molecular weight is 331 g/mol. The lowest BCUT2D eigenvalue weighted by Crippen LogP contribution is -2.34. The first-order chi connectivity index (χ1) is 11.5. The number of hydrogen-bond acceptors (Lipinski definition) is 3. The van der Waals surface area contributed by atoms with Gasteiger partial charge in [0.1, 0.15) is 17.3 Å². The molecule has 1 aromatic carbocycles. The quantitative estimate of drug-likeness (QED) is 0.893. The number of amides is 2. The van der Waals surface area contributed by atoms with E-state index >= 15 is 0 Å². The summed E-state index contributed by atoms with van der Waals surface area (Å²) in [5, 5.41) is 6.90. The number of carbonyl (C=O) groups excluding carboxylic acids is 1. The number of benzene rings is 1. The lowest BCUT2D eigenvalue weighted by atomic mass is 10.1. The molecular weight excluding hydrogens is 309 g/mol. The van der Waals surface area contributed by atoms with Gasteiger partial charge >= 0.3 is 6.03 Å². The second-order valence-corrected chi connectivity index (χ2v) is 6.55. The molecule has 128 valence electrons. The van der Waals surface area contributed by atoms with Gasteiger partial charge in [0, 0.05) is 24.2 Å². The second-order valence-electron chi connectivity index (χ2n) is 6.55. The molecule has 0 unspecified atom stereocenters. The van der Waals surface area contributed by atoms with Crippen LogP contribution < -0.4 is 5.32 Å². The smallest absolute Gasteiger partial charge is 0.322 e. The molecule has 0 spiro atoms. The SMILES string of the molecule is Cc1ccc(NC(=O)N2CCC[C@@H]2c2cc(C(C)C)on2)cc1F. The molecule has 24 heavy (non-hydrogen) atoms. The van der Waals surface area contributed by atoms with Crippen molar-refractivity contribution in [2.45, 2.75) is 45.6 Å². The molecule has 2 heterocycles. The summed E-state index contributed by atoms with van der Waals surface area (Å²) in [6, 6.07) is 6.27. The number of rotatable bonds is 3. The van der Waals surface area contributed by atoms with Gasteiger partial charge in [-0.2, -0.15) is 0 Å². The highest BCUT2D eigenvalue weighted by atomic mass is 19.1. The fourth-order valence-corrected chi connectivity index (χ4v) is 2.92. The molecule has 0 aliphatic carbocycles. The van der Waals surface area contributed by atoms with Gasteiger partial charge in [0.2, 0.25) is 0 Å². The molecule has 1 aliphatic heterocycles. The Bertz CT molecular complexity index is 742. The van der Waals surface area contributed by atoms with E-state index in [1.54, 1.807) is 24.0 Å². The zero-order valence-corrected chi connectivity index (χ0v) is 14.2. The van der Waals surface area contributed by atoms with Gasteiger partial charge in [-0.3, -0.25) is 0 Å². The van der Waals surface area contributed by atoms with Gasteiger partial charge < -0.3 is 14.7 Å². The minimum absolute atomic E-state index is 0.100. The summed E-state index contributed by atoms with van der Waals surface area (Å²) >= 11 is 0. The van der Waals surface area contributed by atoms with Crippen LogP contribution in [0.4, 0.5) is 14.9 Å². The first kappa shape index (κ1) is 16.5. The molecule has 3 rings (SSSR count). The Hall–Kier alpha value is -2.37. The molecule has 1 fully saturated rings. The molecule has 0 saturated carbocycles. The molecule has 0 bridgehead atoms. The van der Waals surface area contributed by atoms with Crippen molar-refractivity contribution in [2.24, 2.45) is 0 Å². The number of nitrogens with one attached hydrogen (secondary N) is 1. The predicted octanol–water partition coefficient (Wildman–Crippen LogP) is 4.61. The molecule has 5 nitrogen and oxygen atoms in total. The number of urea groups is 1. The number of aromatic nitrogens is 1. The van der Waals surface area contributed by atoms with Crippen molar-refractivity contribution in [3.63, 3.8) is 0 Å². The molecule has 1 saturated heterocycles. The molecule has 2 amide bonds. The van der Waals surface area contributed by atoms with Crippen LogP contribution in [0.25, 0.3) is 0 Å². The molecule has 1 atom stereocenters. The Balaban J connectivity index is 1.74. The first-order valence-electron chi connectivity index (χ1n) is 8.26. The van der Waals surface area contributed by atoms with E-state index in [1.165, 1.54) is 6.07 Å². The Labute approximate surface area is 140 Å². The van der Waals surface area contributed by atoms with Gasteiger partial charge in [0.05, 0.1) is 6.04 Å². The highest BCUT2D eigenvalue weighted by Crippen LogP contribution is 2.33. The molecule has 6 heteroatoms. The van der Waals surface area contributed by atoms with Crippen molar-refractivity contribution in [1.82, 2.24) is 10.1 Å². The normalized spacial score (nSPS) is 17.5. The largest absolute Gasteiger partial charge is 0.361 e. The van der Waals surface area contributed by atoms with Crippen LogP contribution in [-0.2, 0) is 0 Å². The van der Waals surface area contributed by atoms with Gasteiger partial charge in [0.15, 0.2) is 0 Å². The number of likely N-dealkylation sites (tertiary alicyclic amines) is 1. The Morgan fingerprint density at radius 3 is 2.88 bits per heavy atom. The lowest BCUT2D eigenvalue weighted by molar-refractivity contribution is 0.204. The fourth-order valence-electron chi connectivity index (χ4n) is 2.92. The van der Waals surface area contributed by atoms with Crippen LogP contribution in [0.15, 0.2) is 28.8 Å². The van der Waals surface area contributed by atoms with Crippen molar-refractivity contribution in [3.05, 3.63) is 47.1 Å². The topological polar surface area (TPSA) is 58.4 Å². The van der Waals surface area contributed by atoms with Crippen LogP contribution in [0.1, 0.15) is 55.7 Å². The van der Waals surface area contributed by atoms with Crippen molar-refractivity contribution in [3.8, 4) is 0 Å². The van der Waals surface area contributed by atoms with Crippen LogP contribution in [-0.4, -0.2) is 22.6 Å². The molecule has 1 N–H and O–H groups in total. The number of nitrogens with zero attached hydrogens (tertiary/aromatic N) is 2. The average Bonchev–Trinajstić information content (AvgIpc) is 3.18. The van der Waals surface area contributed by atoms with E-state index in [2.05, 4.69) is 10.5 Å². The number of halogens is 1. The van der Waals surface area contributed by atoms with E-state index in [0.29, 0.717) is 17.8 Å². The summed E-state index contributed by atoms with van der Waals surface area (Å²) in [6.45, 7) is 6.41. The molecule has 2 aromatic rings. The van der Waals surface area contributed by atoms with Crippen LogP contribution in [0.2, 0.25) is 0 Å². The van der Waals surface area contributed by atoms with E-state index in [-0.39, 0.29) is 23.8 Å². The zero-order valence-electron chi connectivity index (χ0n) is 14.2. The maximum atomic E-state index is 13.6. The van der Waals surface area contributed by atoms with Crippen molar-refractivity contribution in [2.75, 3.05) is 11.9 Å². The van der Waals surface area contributed by atoms with E-state index in [4.69, 9.17) is 4.52 Å². The number of carbonyl (C=O) groups is 1. The standard InChI is InChI=1S/C18H22FN3O2/c1-11(2)17-10-15(21-24-17)16-5-4-8-22(16)18(23)20-13-7-6-12(3)14(19)9-13/h6-7,9-11,16H,4-5,8H2,1-3H3,(H,20,23)/t16-/m1/s1. The highest BCUT2D eigenvalue weighted by Gasteiger charge is 2.32. The third kappa shape index (κ3) is 3.27. The van der Waals surface area contributed by atoms with E-state index in [0.717, 1.165) is 24.3 Å². The van der Waals surface area contributed by atoms with E-state index < -0.39 is 0 Å². The van der Waals surface area contributed by atoms with Gasteiger partial charge in [0.25, 0.3) is 0 Å². The highest BCUT2D eigenvalue weighted by molar-refractivity contribution is 5.89. The van der Waals surface area contributed by atoms with Crippen molar-refractivity contribution < 1.29 is 13.7 Å². The van der Waals surface area contributed by atoms with Crippen molar-refractivity contribution >= 4 is 11.7 Å². The van der Waals surface area contributed by atoms with Crippen LogP contribution in [0, 0.1) is 12.7 Å². The maximum Gasteiger partial charge on any atom is 0.322 e. The number of hydrogen-bond donors (Lipinski definition) is 1. The third-order valence-corrected chi connectivity index (χ3v) is 4.39. The van der Waals surface area contributed by atoms with Gasteiger partial charge in [-0.25, -0.2) is 9.18 Å². The van der Waals surface area contributed by atoms with E-state index in [1.807, 2.05) is 19.9 Å². The Morgan fingerprint density at radius 2 is 2.21 bits per heavy atom. The molecule has 0 radical (unpaired) electrons. The Morgan fingerprint density at radius 1 is 1.42 bits per heavy atom. The minimum Gasteiger partial charge on any atom is -0.361 e. The summed E-state index contributed by atoms with van der Waals surface area (Å²) in [5.74, 6) is 0.743. The number of aryl methyl sites for hydroxylation is 1. The van der Waals surface area contributed by atoms with Crippen molar-refractivity contribution in [1.29, 1.82) is 0 Å². The molecule has 1 aliphatic rings. The summed E-state index contributed by atoms with van der Waals surface area (Å²) in [6.07, 6.45) is 1.75. The zero-order chi connectivity index (χ0) is 17.3. The summed E-state index contributed by atoms with van der Waals surface area (Å²) < 4.78 is 19.0. The summed E-state index contributed by atoms with van der Waals surface area (Å²) in [7, 11) is 0. The first-order valence-corrected chi connectivity index (χ1v) is 8.26. The molecule has 1 aromatic heterocycles. The summed E-state index contributed by atoms with van der Waals surface area (Å²) in [5.41, 5.74) is 1.79. The van der Waals surface area contributed by atoms with Gasteiger partial charge in [-0.1, -0.05) is 25.1 Å². The monoisotopic (exact) mass is 331 g/mol. The molecular formula is C18H22FN3O2. The van der Waals surface area contributed by atoms with Gasteiger partial charge in [-0.05, 0) is 37.5 Å².